The summed E-state index contributed by atoms with van der Waals surface area (Å²) in [5.41, 5.74) is 4.30. The van der Waals surface area contributed by atoms with Crippen molar-refractivity contribution in [3.63, 3.8) is 0 Å². The molecule has 9 heteroatoms. The van der Waals surface area contributed by atoms with Crippen LogP contribution in [0.15, 0.2) is 71.7 Å². The lowest BCUT2D eigenvalue weighted by Crippen LogP contribution is -2.34. The zero-order chi connectivity index (χ0) is 19.1. The predicted octanol–water partition coefficient (Wildman–Crippen LogP) is 0.988. The number of rotatable bonds is 3. The van der Waals surface area contributed by atoms with Gasteiger partial charge in [0.05, 0.1) is 5.69 Å². The number of hydrogen-bond donors (Lipinski definition) is 0. The highest BCUT2D eigenvalue weighted by Crippen LogP contribution is 2.35. The minimum atomic E-state index is -0.124. The molecule has 174 valence electrons. The van der Waals surface area contributed by atoms with Crippen molar-refractivity contribution < 1.29 is 16.4 Å². The van der Waals surface area contributed by atoms with Gasteiger partial charge in [-0.25, -0.2) is 0 Å². The molecule has 3 heterocycles. The van der Waals surface area contributed by atoms with Gasteiger partial charge < -0.3 is 26.2 Å². The van der Waals surface area contributed by atoms with E-state index in [0.717, 1.165) is 23.7 Å². The molecular formula is C23H31ClN4O4. The minimum Gasteiger partial charge on any atom is -0.412 e. The van der Waals surface area contributed by atoms with Crippen LogP contribution in [-0.4, -0.2) is 63.8 Å². The summed E-state index contributed by atoms with van der Waals surface area (Å²) in [6, 6.07) is 20.7. The van der Waals surface area contributed by atoms with E-state index in [1.807, 2.05) is 24.3 Å². The Kier molecular flexibility index (Phi) is 9.56. The smallest absolute Gasteiger partial charge is 0.271 e. The number of likely N-dealkylation sites (N-methyl/N-ethyl adjacent to an activating group) is 1. The zero-order valence-corrected chi connectivity index (χ0v) is 18.8. The van der Waals surface area contributed by atoms with Crippen LogP contribution in [0.2, 0.25) is 0 Å². The molecule has 2 fully saturated rings. The SMILES string of the molecule is CN1C[C@H]2CCN(c3ccc(-c4ccc(-n5ncccc5=O)cc4)cc3)[C@H]2C1.Cl.O.O.O. The summed E-state index contributed by atoms with van der Waals surface area (Å²) in [5.74, 6) is 0.812. The fraction of sp³-hybridized carbons (Fsp3) is 0.304. The number of halogens is 1. The zero-order valence-electron chi connectivity index (χ0n) is 17.9. The van der Waals surface area contributed by atoms with Crippen molar-refractivity contribution >= 4 is 18.1 Å². The van der Waals surface area contributed by atoms with Crippen LogP contribution in [0.25, 0.3) is 16.8 Å². The summed E-state index contributed by atoms with van der Waals surface area (Å²) in [4.78, 5) is 17.0. The molecule has 0 unspecified atom stereocenters. The molecule has 0 aliphatic carbocycles. The molecule has 0 bridgehead atoms. The van der Waals surface area contributed by atoms with Crippen LogP contribution in [0.5, 0.6) is 0 Å². The summed E-state index contributed by atoms with van der Waals surface area (Å²) in [6.07, 6.45) is 2.92. The number of hydrogen-bond acceptors (Lipinski definition) is 4. The first-order valence-electron chi connectivity index (χ1n) is 9.89. The maximum absolute atomic E-state index is 11.9. The van der Waals surface area contributed by atoms with Gasteiger partial charge in [0.1, 0.15) is 0 Å². The van der Waals surface area contributed by atoms with E-state index < -0.39 is 0 Å². The Balaban J connectivity index is 0.00000128. The lowest BCUT2D eigenvalue weighted by molar-refractivity contribution is 0.386. The van der Waals surface area contributed by atoms with Crippen LogP contribution in [0.3, 0.4) is 0 Å². The van der Waals surface area contributed by atoms with Crippen LogP contribution in [0.4, 0.5) is 5.69 Å². The first-order chi connectivity index (χ1) is 13.7. The molecule has 2 saturated heterocycles. The van der Waals surface area contributed by atoms with E-state index in [9.17, 15) is 4.79 Å². The number of aromatic nitrogens is 2. The molecule has 32 heavy (non-hydrogen) atoms. The second kappa shape index (κ2) is 11.2. The van der Waals surface area contributed by atoms with Gasteiger partial charge in [0.2, 0.25) is 0 Å². The Morgan fingerprint density at radius 3 is 2.03 bits per heavy atom. The van der Waals surface area contributed by atoms with Crippen molar-refractivity contribution in [1.29, 1.82) is 0 Å². The minimum absolute atomic E-state index is 0. The van der Waals surface area contributed by atoms with E-state index in [-0.39, 0.29) is 34.4 Å². The lowest BCUT2D eigenvalue weighted by Gasteiger charge is -2.26. The largest absolute Gasteiger partial charge is 0.412 e. The van der Waals surface area contributed by atoms with Gasteiger partial charge in [-0.15, -0.1) is 12.4 Å². The van der Waals surface area contributed by atoms with Gasteiger partial charge in [-0.3, -0.25) is 4.79 Å². The van der Waals surface area contributed by atoms with Crippen LogP contribution in [0, 0.1) is 5.92 Å². The topological polar surface area (TPSA) is 136 Å². The van der Waals surface area contributed by atoms with Crippen LogP contribution >= 0.6 is 12.4 Å². The van der Waals surface area contributed by atoms with E-state index in [1.165, 1.54) is 41.5 Å². The molecular weight excluding hydrogens is 432 g/mol. The van der Waals surface area contributed by atoms with Gasteiger partial charge in [-0.2, -0.15) is 9.78 Å². The maximum Gasteiger partial charge on any atom is 0.271 e. The van der Waals surface area contributed by atoms with Crippen molar-refractivity contribution in [2.45, 2.75) is 12.5 Å². The molecule has 0 saturated carbocycles. The van der Waals surface area contributed by atoms with Crippen molar-refractivity contribution in [1.82, 2.24) is 14.7 Å². The van der Waals surface area contributed by atoms with E-state index in [1.54, 1.807) is 12.3 Å². The Hall–Kier alpha value is -2.75. The van der Waals surface area contributed by atoms with Gasteiger partial charge >= 0.3 is 0 Å². The molecule has 6 N–H and O–H groups in total. The normalized spacial score (nSPS) is 19.1. The van der Waals surface area contributed by atoms with Crippen molar-refractivity contribution in [2.75, 3.05) is 31.6 Å². The van der Waals surface area contributed by atoms with E-state index in [2.05, 4.69) is 46.2 Å². The Morgan fingerprint density at radius 2 is 1.44 bits per heavy atom. The van der Waals surface area contributed by atoms with E-state index in [0.29, 0.717) is 6.04 Å². The number of benzene rings is 2. The quantitative estimate of drug-likeness (QED) is 0.573. The molecule has 1 aromatic heterocycles. The molecule has 2 aliphatic rings. The molecule has 2 aromatic carbocycles. The van der Waals surface area contributed by atoms with Gasteiger partial charge in [0.25, 0.3) is 5.56 Å². The van der Waals surface area contributed by atoms with E-state index in [4.69, 9.17) is 0 Å². The van der Waals surface area contributed by atoms with Crippen LogP contribution in [0.1, 0.15) is 6.42 Å². The number of likely N-dealkylation sites (tertiary alicyclic amines) is 1. The highest BCUT2D eigenvalue weighted by atomic mass is 35.5. The molecule has 0 amide bonds. The summed E-state index contributed by atoms with van der Waals surface area (Å²) in [5, 5.41) is 4.13. The monoisotopic (exact) mass is 462 g/mol. The Labute approximate surface area is 193 Å². The Bertz CT molecular complexity index is 1040. The second-order valence-corrected chi connectivity index (χ2v) is 7.90. The van der Waals surface area contributed by atoms with Crippen molar-refractivity contribution in [3.05, 3.63) is 77.2 Å². The van der Waals surface area contributed by atoms with Gasteiger partial charge in [0.15, 0.2) is 0 Å². The van der Waals surface area contributed by atoms with Crippen molar-refractivity contribution in [3.8, 4) is 16.8 Å². The fourth-order valence-electron chi connectivity index (χ4n) is 4.69. The number of nitrogens with zero attached hydrogens (tertiary/aromatic N) is 4. The molecule has 8 nitrogen and oxygen atoms in total. The third-order valence-electron chi connectivity index (χ3n) is 6.09. The first-order valence-corrected chi connectivity index (χ1v) is 9.89. The summed E-state index contributed by atoms with van der Waals surface area (Å²) < 4.78 is 1.41. The third-order valence-corrected chi connectivity index (χ3v) is 6.09. The van der Waals surface area contributed by atoms with Gasteiger partial charge in [0, 0.05) is 43.6 Å². The molecule has 0 radical (unpaired) electrons. The van der Waals surface area contributed by atoms with Crippen LogP contribution in [-0.2, 0) is 0 Å². The average Bonchev–Trinajstić information content (AvgIpc) is 3.28. The standard InChI is InChI=1S/C23H24N4O.ClH.3H2O/c1-25-15-19-12-14-26(22(19)16-25)20-8-4-17(5-9-20)18-6-10-21(11-7-18)27-23(28)3-2-13-24-27;;;;/h2-11,13,19,22H,12,14-16H2,1H3;1H;3*1H2/t19-,22+;;;;/m1..../s1. The fourth-order valence-corrected chi connectivity index (χ4v) is 4.69. The highest BCUT2D eigenvalue weighted by molar-refractivity contribution is 5.85. The summed E-state index contributed by atoms with van der Waals surface area (Å²) >= 11 is 0. The summed E-state index contributed by atoms with van der Waals surface area (Å²) in [6.45, 7) is 3.56. The summed E-state index contributed by atoms with van der Waals surface area (Å²) in [7, 11) is 2.22. The first kappa shape index (κ1) is 27.3. The van der Waals surface area contributed by atoms with Gasteiger partial charge in [-0.05, 0) is 60.8 Å². The molecule has 2 aliphatic heterocycles. The van der Waals surface area contributed by atoms with Crippen molar-refractivity contribution in [2.24, 2.45) is 5.92 Å². The molecule has 5 rings (SSSR count). The molecule has 0 spiro atoms. The van der Waals surface area contributed by atoms with E-state index >= 15 is 0 Å². The number of fused-ring (bicyclic) bond motifs is 1. The second-order valence-electron chi connectivity index (χ2n) is 7.90. The molecule has 3 aromatic rings. The lowest BCUT2D eigenvalue weighted by atomic mass is 10.0. The van der Waals surface area contributed by atoms with Crippen LogP contribution < -0.4 is 10.5 Å². The highest BCUT2D eigenvalue weighted by Gasteiger charge is 2.39. The molecule has 2 atom stereocenters. The predicted molar refractivity (Wildman–Crippen MR) is 130 cm³/mol. The maximum atomic E-state index is 11.9. The third kappa shape index (κ3) is 5.01. The average molecular weight is 463 g/mol. The van der Waals surface area contributed by atoms with Gasteiger partial charge in [-0.1, -0.05) is 24.3 Å². The Morgan fingerprint density at radius 1 is 0.844 bits per heavy atom. The number of anilines is 1.